The predicted molar refractivity (Wildman–Crippen MR) is 108 cm³/mol. The first-order valence-corrected chi connectivity index (χ1v) is 9.75. The lowest BCUT2D eigenvalue weighted by molar-refractivity contribution is 0.165. The van der Waals surface area contributed by atoms with Gasteiger partial charge in [-0.25, -0.2) is 23.7 Å². The van der Waals surface area contributed by atoms with Gasteiger partial charge in [0.2, 0.25) is 5.88 Å². The topological polar surface area (TPSA) is 89.7 Å². The summed E-state index contributed by atoms with van der Waals surface area (Å²) in [6.45, 7) is 4.76. The van der Waals surface area contributed by atoms with Crippen LogP contribution >= 0.6 is 0 Å². The van der Waals surface area contributed by atoms with Gasteiger partial charge in [-0.1, -0.05) is 0 Å². The van der Waals surface area contributed by atoms with Crippen molar-refractivity contribution in [3.8, 4) is 11.6 Å². The number of nitrogens with zero attached hydrogens (tertiary/aromatic N) is 4. The highest BCUT2D eigenvalue weighted by Crippen LogP contribution is 2.34. The van der Waals surface area contributed by atoms with Crippen LogP contribution in [0.15, 0.2) is 24.5 Å². The third kappa shape index (κ3) is 3.73. The third-order valence-electron chi connectivity index (χ3n) is 5.34. The maximum atomic E-state index is 15.1. The molecule has 9 heteroatoms. The fourth-order valence-electron chi connectivity index (χ4n) is 3.89. The van der Waals surface area contributed by atoms with E-state index in [-0.39, 0.29) is 16.7 Å². The Morgan fingerprint density at radius 1 is 1.33 bits per heavy atom. The number of aromatic nitrogens is 3. The van der Waals surface area contributed by atoms with E-state index in [0.29, 0.717) is 31.1 Å². The van der Waals surface area contributed by atoms with Crippen LogP contribution in [0, 0.1) is 12.7 Å². The standard InChI is InChI=1S/C21H23FN4O4/c1-13-10-15-17(26(13)21(27)28)4-5-18(19(15)22)30-20-14-6-8-25(7-3-9-29-2)11-16(14)23-12-24-20/h4-5,10,12H,3,6-9,11H2,1-2H3,(H,27,28). The number of hydrogen-bond acceptors (Lipinski definition) is 6. The molecule has 1 aliphatic heterocycles. The fraction of sp³-hybridized carbons (Fsp3) is 0.381. The highest BCUT2D eigenvalue weighted by molar-refractivity contribution is 5.91. The van der Waals surface area contributed by atoms with Crippen LogP contribution in [0.4, 0.5) is 9.18 Å². The van der Waals surface area contributed by atoms with Gasteiger partial charge < -0.3 is 14.6 Å². The number of ether oxygens (including phenoxy) is 2. The summed E-state index contributed by atoms with van der Waals surface area (Å²) in [5, 5.41) is 9.55. The highest BCUT2D eigenvalue weighted by Gasteiger charge is 2.23. The van der Waals surface area contributed by atoms with Gasteiger partial charge in [-0.2, -0.15) is 0 Å². The normalized spacial score (nSPS) is 14.1. The average Bonchev–Trinajstić information content (AvgIpc) is 3.07. The van der Waals surface area contributed by atoms with Gasteiger partial charge in [0.15, 0.2) is 11.6 Å². The van der Waals surface area contributed by atoms with Gasteiger partial charge in [0.05, 0.1) is 11.2 Å². The number of benzene rings is 1. The molecule has 158 valence electrons. The van der Waals surface area contributed by atoms with Crippen molar-refractivity contribution in [2.75, 3.05) is 26.8 Å². The van der Waals surface area contributed by atoms with Crippen LogP contribution in [-0.4, -0.2) is 57.4 Å². The molecule has 0 atom stereocenters. The van der Waals surface area contributed by atoms with Crippen LogP contribution in [0.2, 0.25) is 0 Å². The minimum atomic E-state index is -1.16. The summed E-state index contributed by atoms with van der Waals surface area (Å²) < 4.78 is 27.1. The highest BCUT2D eigenvalue weighted by atomic mass is 19.1. The number of carbonyl (C=O) groups is 1. The van der Waals surface area contributed by atoms with Crippen LogP contribution in [0.5, 0.6) is 11.6 Å². The lowest BCUT2D eigenvalue weighted by Crippen LogP contribution is -2.32. The molecule has 2 aromatic heterocycles. The van der Waals surface area contributed by atoms with E-state index < -0.39 is 11.9 Å². The van der Waals surface area contributed by atoms with E-state index in [1.165, 1.54) is 18.5 Å². The van der Waals surface area contributed by atoms with Crippen LogP contribution in [-0.2, 0) is 17.7 Å². The minimum Gasteiger partial charge on any atom is -0.464 e. The van der Waals surface area contributed by atoms with Gasteiger partial charge in [-0.15, -0.1) is 0 Å². The Balaban J connectivity index is 1.60. The Morgan fingerprint density at radius 3 is 2.93 bits per heavy atom. The number of methoxy groups -OCH3 is 1. The molecule has 4 rings (SSSR count). The van der Waals surface area contributed by atoms with E-state index in [0.717, 1.165) is 35.3 Å². The number of aryl methyl sites for hydroxylation is 1. The van der Waals surface area contributed by atoms with Crippen molar-refractivity contribution in [1.82, 2.24) is 19.4 Å². The van der Waals surface area contributed by atoms with E-state index in [1.807, 2.05) is 0 Å². The molecule has 30 heavy (non-hydrogen) atoms. The second kappa shape index (κ2) is 8.37. The molecular weight excluding hydrogens is 391 g/mol. The molecule has 0 aliphatic carbocycles. The van der Waals surface area contributed by atoms with Crippen molar-refractivity contribution in [3.05, 3.63) is 47.3 Å². The summed E-state index contributed by atoms with van der Waals surface area (Å²) in [7, 11) is 1.69. The molecule has 1 N–H and O–H groups in total. The summed E-state index contributed by atoms with van der Waals surface area (Å²) >= 11 is 0. The second-order valence-electron chi connectivity index (χ2n) is 7.29. The smallest absolute Gasteiger partial charge is 0.416 e. The second-order valence-corrected chi connectivity index (χ2v) is 7.29. The maximum Gasteiger partial charge on any atom is 0.416 e. The first kappa shape index (κ1) is 20.2. The zero-order valence-electron chi connectivity index (χ0n) is 16.9. The Kier molecular flexibility index (Phi) is 5.65. The van der Waals surface area contributed by atoms with E-state index >= 15 is 4.39 Å². The predicted octanol–water partition coefficient (Wildman–Crippen LogP) is 3.59. The van der Waals surface area contributed by atoms with Crippen molar-refractivity contribution in [3.63, 3.8) is 0 Å². The Bertz CT molecular complexity index is 1100. The maximum absolute atomic E-state index is 15.1. The van der Waals surface area contributed by atoms with Gasteiger partial charge in [0, 0.05) is 50.0 Å². The molecule has 0 unspecified atom stereocenters. The zero-order chi connectivity index (χ0) is 21.3. The number of carboxylic acid groups (broad SMARTS) is 1. The summed E-state index contributed by atoms with van der Waals surface area (Å²) in [6, 6.07) is 4.48. The minimum absolute atomic E-state index is 0.00784. The summed E-state index contributed by atoms with van der Waals surface area (Å²) in [5.74, 6) is -0.266. The summed E-state index contributed by atoms with van der Waals surface area (Å²) in [5.41, 5.74) is 2.46. The molecular formula is C21H23FN4O4. The van der Waals surface area contributed by atoms with Gasteiger partial charge in [0.1, 0.15) is 6.33 Å². The van der Waals surface area contributed by atoms with Gasteiger partial charge >= 0.3 is 6.09 Å². The molecule has 3 heterocycles. The van der Waals surface area contributed by atoms with Crippen LogP contribution < -0.4 is 4.74 Å². The SMILES string of the molecule is COCCCN1CCc2c(ncnc2Oc2ccc3c(cc(C)n3C(=O)O)c2F)C1. The van der Waals surface area contributed by atoms with Crippen molar-refractivity contribution in [1.29, 1.82) is 0 Å². The van der Waals surface area contributed by atoms with Crippen molar-refractivity contribution in [2.24, 2.45) is 0 Å². The average molecular weight is 414 g/mol. The van der Waals surface area contributed by atoms with Crippen LogP contribution in [0.25, 0.3) is 10.9 Å². The number of rotatable bonds is 6. The molecule has 0 saturated heterocycles. The van der Waals surface area contributed by atoms with E-state index in [9.17, 15) is 9.90 Å². The van der Waals surface area contributed by atoms with E-state index in [1.54, 1.807) is 20.1 Å². The molecule has 0 saturated carbocycles. The Hall–Kier alpha value is -3.04. The van der Waals surface area contributed by atoms with Crippen LogP contribution in [0.1, 0.15) is 23.4 Å². The van der Waals surface area contributed by atoms with E-state index in [2.05, 4.69) is 14.9 Å². The lowest BCUT2D eigenvalue weighted by atomic mass is 10.1. The van der Waals surface area contributed by atoms with Gasteiger partial charge in [-0.3, -0.25) is 4.90 Å². The Labute approximate surface area is 172 Å². The Morgan fingerprint density at radius 2 is 2.17 bits per heavy atom. The molecule has 1 aliphatic rings. The first-order valence-electron chi connectivity index (χ1n) is 9.75. The molecule has 0 spiro atoms. The van der Waals surface area contributed by atoms with Gasteiger partial charge in [-0.05, 0) is 38.0 Å². The van der Waals surface area contributed by atoms with E-state index in [4.69, 9.17) is 9.47 Å². The molecule has 0 radical (unpaired) electrons. The van der Waals surface area contributed by atoms with Crippen molar-refractivity contribution >= 4 is 17.0 Å². The number of hydrogen-bond donors (Lipinski definition) is 1. The number of halogens is 1. The molecule has 0 fully saturated rings. The summed E-state index contributed by atoms with van der Waals surface area (Å²) in [4.78, 5) is 22.3. The monoisotopic (exact) mass is 414 g/mol. The number of fused-ring (bicyclic) bond motifs is 2. The largest absolute Gasteiger partial charge is 0.464 e. The zero-order valence-corrected chi connectivity index (χ0v) is 16.9. The fourth-order valence-corrected chi connectivity index (χ4v) is 3.89. The van der Waals surface area contributed by atoms with Crippen molar-refractivity contribution in [2.45, 2.75) is 26.3 Å². The van der Waals surface area contributed by atoms with Crippen LogP contribution in [0.3, 0.4) is 0 Å². The quantitative estimate of drug-likeness (QED) is 0.617. The third-order valence-corrected chi connectivity index (χ3v) is 5.34. The van der Waals surface area contributed by atoms with Gasteiger partial charge in [0.25, 0.3) is 0 Å². The lowest BCUT2D eigenvalue weighted by Gasteiger charge is -2.28. The molecule has 8 nitrogen and oxygen atoms in total. The molecule has 0 amide bonds. The first-order chi connectivity index (χ1) is 14.5. The van der Waals surface area contributed by atoms with Crippen molar-refractivity contribution < 1.29 is 23.8 Å². The molecule has 3 aromatic rings. The molecule has 0 bridgehead atoms. The molecule has 1 aromatic carbocycles. The summed E-state index contributed by atoms with van der Waals surface area (Å²) in [6.07, 6.45) is 1.92.